The Kier molecular flexibility index (Phi) is 6.34. The van der Waals surface area contributed by atoms with E-state index in [-0.39, 0.29) is 29.4 Å². The molecule has 1 fully saturated rings. The Morgan fingerprint density at radius 3 is 2.71 bits per heavy atom. The number of hydrogen-bond acceptors (Lipinski definition) is 3. The van der Waals surface area contributed by atoms with Gasteiger partial charge < -0.3 is 10.6 Å². The smallest absolute Gasteiger partial charge is 0.191 e. The van der Waals surface area contributed by atoms with Crippen LogP contribution in [0, 0.1) is 0 Å². The van der Waals surface area contributed by atoms with Crippen molar-refractivity contribution in [2.24, 2.45) is 4.99 Å². The standard InChI is InChI=1S/C16H22BrN3.HI/c17-14-6-3-5-13(11-14)16(7-1-2-8-16)12-20-15-18-9-4-10-19-15;/h3,5-6,11H,1-2,4,7-10,12H2,(H2,18,19,20);1H. The van der Waals surface area contributed by atoms with Crippen molar-refractivity contribution in [2.45, 2.75) is 37.5 Å². The van der Waals surface area contributed by atoms with Crippen LogP contribution >= 0.6 is 39.9 Å². The number of benzene rings is 1. The lowest BCUT2D eigenvalue weighted by molar-refractivity contribution is 0.430. The van der Waals surface area contributed by atoms with Gasteiger partial charge >= 0.3 is 0 Å². The van der Waals surface area contributed by atoms with Gasteiger partial charge in [0.2, 0.25) is 0 Å². The molecule has 0 spiro atoms. The summed E-state index contributed by atoms with van der Waals surface area (Å²) in [6.45, 7) is 2.96. The summed E-state index contributed by atoms with van der Waals surface area (Å²) in [6, 6.07) is 8.80. The lowest BCUT2D eigenvalue weighted by Crippen LogP contribution is -2.46. The topological polar surface area (TPSA) is 36.4 Å². The zero-order chi connectivity index (χ0) is 13.8. The van der Waals surface area contributed by atoms with Crippen LogP contribution in [0.25, 0.3) is 0 Å². The average Bonchev–Trinajstić information content (AvgIpc) is 2.96. The van der Waals surface area contributed by atoms with E-state index in [0.717, 1.165) is 32.0 Å². The first-order chi connectivity index (χ1) is 9.78. The minimum Gasteiger partial charge on any atom is -0.356 e. The Hall–Kier alpha value is -0.300. The van der Waals surface area contributed by atoms with Crippen molar-refractivity contribution in [3.63, 3.8) is 0 Å². The van der Waals surface area contributed by atoms with E-state index in [1.807, 2.05) is 0 Å². The van der Waals surface area contributed by atoms with Gasteiger partial charge in [-0.25, -0.2) is 0 Å². The van der Waals surface area contributed by atoms with Gasteiger partial charge in [-0.1, -0.05) is 40.9 Å². The van der Waals surface area contributed by atoms with Gasteiger partial charge in [-0.3, -0.25) is 4.99 Å². The molecule has 0 amide bonds. The van der Waals surface area contributed by atoms with Crippen LogP contribution in [0.3, 0.4) is 0 Å². The second-order valence-electron chi connectivity index (χ2n) is 5.86. The molecule has 0 atom stereocenters. The molecule has 3 rings (SSSR count). The number of rotatable bonds is 3. The summed E-state index contributed by atoms with van der Waals surface area (Å²) in [5.74, 6) is 0.984. The van der Waals surface area contributed by atoms with Gasteiger partial charge in [-0.2, -0.15) is 0 Å². The van der Waals surface area contributed by atoms with E-state index in [2.05, 4.69) is 55.8 Å². The number of hydrogen-bond donors (Lipinski definition) is 2. The molecule has 2 N–H and O–H groups in total. The third kappa shape index (κ3) is 4.12. The van der Waals surface area contributed by atoms with Crippen LogP contribution < -0.4 is 10.6 Å². The molecule has 1 aromatic carbocycles. The minimum atomic E-state index is 0. The maximum Gasteiger partial charge on any atom is 0.191 e. The SMILES string of the molecule is Brc1cccc(C2(CNC3=NCCCN3)CCCC2)c1.I. The Balaban J connectivity index is 0.00000161. The van der Waals surface area contributed by atoms with E-state index in [9.17, 15) is 0 Å². The Bertz CT molecular complexity index is 498. The lowest BCUT2D eigenvalue weighted by atomic mass is 9.79. The van der Waals surface area contributed by atoms with Gasteiger partial charge in [0.15, 0.2) is 5.96 Å². The first-order valence-corrected chi connectivity index (χ1v) is 8.36. The largest absolute Gasteiger partial charge is 0.356 e. The minimum absolute atomic E-state index is 0. The van der Waals surface area contributed by atoms with Gasteiger partial charge in [-0.05, 0) is 37.0 Å². The fraction of sp³-hybridized carbons (Fsp3) is 0.562. The number of aliphatic imine (C=N–C) groups is 1. The third-order valence-corrected chi connectivity index (χ3v) is 4.98. The highest BCUT2D eigenvalue weighted by Gasteiger charge is 2.35. The molecule has 1 aliphatic carbocycles. The molecule has 0 unspecified atom stereocenters. The van der Waals surface area contributed by atoms with Crippen molar-refractivity contribution in [3.05, 3.63) is 34.3 Å². The molecule has 116 valence electrons. The summed E-state index contributed by atoms with van der Waals surface area (Å²) in [5.41, 5.74) is 1.72. The Morgan fingerprint density at radius 2 is 2.05 bits per heavy atom. The average molecular weight is 464 g/mol. The first-order valence-electron chi connectivity index (χ1n) is 7.57. The molecule has 1 aliphatic heterocycles. The van der Waals surface area contributed by atoms with Crippen molar-refractivity contribution >= 4 is 45.9 Å². The first kappa shape index (κ1) is 17.1. The predicted octanol–water partition coefficient (Wildman–Crippen LogP) is 3.82. The quantitative estimate of drug-likeness (QED) is 0.668. The van der Waals surface area contributed by atoms with Crippen molar-refractivity contribution in [1.29, 1.82) is 0 Å². The molecular formula is C16H23BrIN3. The predicted molar refractivity (Wildman–Crippen MR) is 103 cm³/mol. The van der Waals surface area contributed by atoms with Crippen molar-refractivity contribution in [3.8, 4) is 0 Å². The summed E-state index contributed by atoms with van der Waals surface area (Å²) >= 11 is 3.60. The highest BCUT2D eigenvalue weighted by molar-refractivity contribution is 14.0. The maximum atomic E-state index is 4.52. The highest BCUT2D eigenvalue weighted by Crippen LogP contribution is 2.41. The lowest BCUT2D eigenvalue weighted by Gasteiger charge is -2.31. The second-order valence-corrected chi connectivity index (χ2v) is 6.78. The van der Waals surface area contributed by atoms with Gasteiger partial charge in [-0.15, -0.1) is 24.0 Å². The normalized spacial score (nSPS) is 20.1. The maximum absolute atomic E-state index is 4.52. The fourth-order valence-electron chi connectivity index (χ4n) is 3.34. The number of guanidine groups is 1. The molecular weight excluding hydrogens is 441 g/mol. The summed E-state index contributed by atoms with van der Waals surface area (Å²) in [6.07, 6.45) is 6.33. The zero-order valence-corrected chi connectivity index (χ0v) is 16.1. The molecule has 2 aliphatic rings. The van der Waals surface area contributed by atoms with E-state index in [1.165, 1.54) is 35.7 Å². The van der Waals surface area contributed by atoms with E-state index in [1.54, 1.807) is 0 Å². The molecule has 0 saturated heterocycles. The summed E-state index contributed by atoms with van der Waals surface area (Å²) in [7, 11) is 0. The third-order valence-electron chi connectivity index (χ3n) is 4.49. The van der Waals surface area contributed by atoms with E-state index >= 15 is 0 Å². The van der Waals surface area contributed by atoms with Gasteiger partial charge in [0, 0.05) is 29.5 Å². The van der Waals surface area contributed by atoms with E-state index in [0.29, 0.717) is 0 Å². The zero-order valence-electron chi connectivity index (χ0n) is 12.2. The molecule has 21 heavy (non-hydrogen) atoms. The van der Waals surface area contributed by atoms with Crippen molar-refractivity contribution < 1.29 is 0 Å². The molecule has 0 radical (unpaired) electrons. The van der Waals surface area contributed by atoms with Crippen LogP contribution in [-0.4, -0.2) is 25.6 Å². The highest BCUT2D eigenvalue weighted by atomic mass is 127. The summed E-state index contributed by atoms with van der Waals surface area (Å²) < 4.78 is 1.18. The molecule has 0 aromatic heterocycles. The van der Waals surface area contributed by atoms with Crippen LogP contribution in [0.1, 0.15) is 37.7 Å². The summed E-state index contributed by atoms with van der Waals surface area (Å²) in [5, 5.41) is 6.90. The fourth-order valence-corrected chi connectivity index (χ4v) is 3.74. The van der Waals surface area contributed by atoms with Crippen LogP contribution in [0.2, 0.25) is 0 Å². The Morgan fingerprint density at radius 1 is 1.24 bits per heavy atom. The second kappa shape index (κ2) is 7.81. The molecule has 1 saturated carbocycles. The van der Waals surface area contributed by atoms with Crippen LogP contribution in [-0.2, 0) is 5.41 Å². The van der Waals surface area contributed by atoms with E-state index in [4.69, 9.17) is 0 Å². The number of nitrogens with zero attached hydrogens (tertiary/aromatic N) is 1. The molecule has 0 bridgehead atoms. The van der Waals surface area contributed by atoms with Crippen molar-refractivity contribution in [1.82, 2.24) is 10.6 Å². The van der Waals surface area contributed by atoms with Crippen LogP contribution in [0.15, 0.2) is 33.7 Å². The monoisotopic (exact) mass is 463 g/mol. The molecule has 5 heteroatoms. The molecule has 1 heterocycles. The van der Waals surface area contributed by atoms with Gasteiger partial charge in [0.25, 0.3) is 0 Å². The number of halogens is 2. The van der Waals surface area contributed by atoms with E-state index < -0.39 is 0 Å². The van der Waals surface area contributed by atoms with Gasteiger partial charge in [0.05, 0.1) is 0 Å². The Labute approximate surface area is 152 Å². The van der Waals surface area contributed by atoms with Crippen LogP contribution in [0.5, 0.6) is 0 Å². The summed E-state index contributed by atoms with van der Waals surface area (Å²) in [4.78, 5) is 4.52. The molecule has 1 aromatic rings. The van der Waals surface area contributed by atoms with Crippen LogP contribution in [0.4, 0.5) is 0 Å². The van der Waals surface area contributed by atoms with Gasteiger partial charge in [0.1, 0.15) is 0 Å². The number of nitrogens with one attached hydrogen (secondary N) is 2. The molecule has 3 nitrogen and oxygen atoms in total. The van der Waals surface area contributed by atoms with Crippen molar-refractivity contribution in [2.75, 3.05) is 19.6 Å².